The summed E-state index contributed by atoms with van der Waals surface area (Å²) >= 11 is 0. The molecule has 0 aromatic heterocycles. The minimum absolute atomic E-state index is 0.485. The van der Waals surface area contributed by atoms with Gasteiger partial charge in [0.05, 0.1) is 7.14 Å². The van der Waals surface area contributed by atoms with Crippen molar-refractivity contribution in [1.82, 2.24) is 0 Å². The number of rotatable bonds is 11. The fourth-order valence-corrected chi connectivity index (χ4v) is 5.61. The maximum absolute atomic E-state index is 12.3. The summed E-state index contributed by atoms with van der Waals surface area (Å²) in [6, 6.07) is 0.761. The highest BCUT2D eigenvalue weighted by Gasteiger charge is 2.38. The van der Waals surface area contributed by atoms with Gasteiger partial charge in [0.2, 0.25) is 0 Å². The standard InChI is InChI=1S/C12H29O4PSi/c1-6-14-18(10-5,15-7-2)16-11-12-17(13,8-3)9-4/h6-12H2,1-5H3. The summed E-state index contributed by atoms with van der Waals surface area (Å²) in [5.41, 5.74) is 0. The fourth-order valence-electron chi connectivity index (χ4n) is 1.78. The largest absolute Gasteiger partial charge is 0.500 e. The second kappa shape index (κ2) is 9.27. The smallest absolute Gasteiger partial charge is 0.374 e. The first kappa shape index (κ1) is 18.3. The van der Waals surface area contributed by atoms with Gasteiger partial charge in [-0.05, 0) is 26.2 Å². The molecule has 0 aliphatic rings. The van der Waals surface area contributed by atoms with E-state index in [1.807, 2.05) is 34.6 Å². The quantitative estimate of drug-likeness (QED) is 0.433. The first-order chi connectivity index (χ1) is 8.51. The van der Waals surface area contributed by atoms with E-state index in [4.69, 9.17) is 13.3 Å². The van der Waals surface area contributed by atoms with Crippen molar-refractivity contribution in [2.75, 3.05) is 38.3 Å². The molecule has 0 rings (SSSR count). The van der Waals surface area contributed by atoms with Gasteiger partial charge in [-0.15, -0.1) is 0 Å². The highest BCUT2D eigenvalue weighted by atomic mass is 31.2. The van der Waals surface area contributed by atoms with Gasteiger partial charge in [-0.25, -0.2) is 0 Å². The van der Waals surface area contributed by atoms with Gasteiger partial charge in [0.15, 0.2) is 0 Å². The summed E-state index contributed by atoms with van der Waals surface area (Å²) in [6.07, 6.45) is 2.13. The van der Waals surface area contributed by atoms with Crippen LogP contribution in [0.25, 0.3) is 0 Å². The van der Waals surface area contributed by atoms with Crippen LogP contribution in [0.5, 0.6) is 0 Å². The molecule has 0 heterocycles. The van der Waals surface area contributed by atoms with E-state index >= 15 is 0 Å². The molecule has 18 heavy (non-hydrogen) atoms. The lowest BCUT2D eigenvalue weighted by Gasteiger charge is -2.28. The van der Waals surface area contributed by atoms with Crippen molar-refractivity contribution >= 4 is 15.9 Å². The molecule has 0 N–H and O–H groups in total. The first-order valence-electron chi connectivity index (χ1n) is 7.00. The molecule has 0 amide bonds. The van der Waals surface area contributed by atoms with E-state index in [9.17, 15) is 4.57 Å². The monoisotopic (exact) mass is 296 g/mol. The zero-order valence-electron chi connectivity index (χ0n) is 12.5. The zero-order valence-corrected chi connectivity index (χ0v) is 14.4. The fraction of sp³-hybridized carbons (Fsp3) is 1.00. The van der Waals surface area contributed by atoms with Crippen LogP contribution in [-0.4, -0.2) is 47.1 Å². The van der Waals surface area contributed by atoms with Crippen molar-refractivity contribution in [3.63, 3.8) is 0 Å². The van der Waals surface area contributed by atoms with E-state index in [1.165, 1.54) is 0 Å². The van der Waals surface area contributed by atoms with Crippen LogP contribution in [0.3, 0.4) is 0 Å². The van der Waals surface area contributed by atoms with E-state index < -0.39 is 15.9 Å². The molecule has 0 aliphatic carbocycles. The molecule has 0 saturated carbocycles. The van der Waals surface area contributed by atoms with Crippen molar-refractivity contribution in [3.05, 3.63) is 0 Å². The van der Waals surface area contributed by atoms with Crippen LogP contribution >= 0.6 is 7.14 Å². The second-order valence-electron chi connectivity index (χ2n) is 4.17. The Morgan fingerprint density at radius 1 is 0.889 bits per heavy atom. The third kappa shape index (κ3) is 5.98. The molecule has 0 aromatic rings. The van der Waals surface area contributed by atoms with Gasteiger partial charge in [-0.1, -0.05) is 20.8 Å². The number of hydrogen-bond donors (Lipinski definition) is 0. The average molecular weight is 296 g/mol. The second-order valence-corrected chi connectivity index (χ2v) is 10.9. The van der Waals surface area contributed by atoms with E-state index in [-0.39, 0.29) is 0 Å². The summed E-state index contributed by atoms with van der Waals surface area (Å²) in [5.74, 6) is 0. The molecule has 0 saturated heterocycles. The molecule has 0 aliphatic heterocycles. The lowest BCUT2D eigenvalue weighted by atomic mass is 10.9. The van der Waals surface area contributed by atoms with Gasteiger partial charge in [-0.2, -0.15) is 0 Å². The van der Waals surface area contributed by atoms with Gasteiger partial charge < -0.3 is 17.8 Å². The van der Waals surface area contributed by atoms with Crippen LogP contribution in [0.15, 0.2) is 0 Å². The van der Waals surface area contributed by atoms with Gasteiger partial charge in [-0.3, -0.25) is 0 Å². The van der Waals surface area contributed by atoms with Gasteiger partial charge in [0.25, 0.3) is 0 Å². The summed E-state index contributed by atoms with van der Waals surface area (Å²) in [5, 5.41) is 0. The molecular formula is C12H29O4PSi. The lowest BCUT2D eigenvalue weighted by molar-refractivity contribution is 0.0730. The number of hydrogen-bond acceptors (Lipinski definition) is 4. The Balaban J connectivity index is 4.38. The van der Waals surface area contributed by atoms with Crippen molar-refractivity contribution in [2.24, 2.45) is 0 Å². The van der Waals surface area contributed by atoms with Gasteiger partial charge >= 0.3 is 8.80 Å². The predicted molar refractivity (Wildman–Crippen MR) is 79.0 cm³/mol. The molecule has 110 valence electrons. The van der Waals surface area contributed by atoms with Gasteiger partial charge in [0.1, 0.15) is 0 Å². The Hall–Kier alpha value is 0.327. The molecule has 4 nitrogen and oxygen atoms in total. The van der Waals surface area contributed by atoms with Crippen molar-refractivity contribution < 1.29 is 17.8 Å². The third-order valence-electron chi connectivity index (χ3n) is 3.13. The van der Waals surface area contributed by atoms with Crippen molar-refractivity contribution in [3.8, 4) is 0 Å². The van der Waals surface area contributed by atoms with Crippen LogP contribution in [0.4, 0.5) is 0 Å². The normalized spacial score (nSPS) is 12.9. The molecular weight excluding hydrogens is 267 g/mol. The minimum atomic E-state index is -2.52. The SMILES string of the molecule is CCO[Si](CC)(OCC)OCCP(=O)(CC)CC. The Bertz CT molecular complexity index is 246. The highest BCUT2D eigenvalue weighted by molar-refractivity contribution is 7.63. The molecule has 0 spiro atoms. The molecule has 0 radical (unpaired) electrons. The average Bonchev–Trinajstić information content (AvgIpc) is 2.39. The van der Waals surface area contributed by atoms with Crippen molar-refractivity contribution in [1.29, 1.82) is 0 Å². The predicted octanol–water partition coefficient (Wildman–Crippen LogP) is 3.44. The lowest BCUT2D eigenvalue weighted by Crippen LogP contribution is -2.45. The van der Waals surface area contributed by atoms with E-state index in [0.29, 0.717) is 26.0 Å². The van der Waals surface area contributed by atoms with E-state index in [1.54, 1.807) is 0 Å². The Kier molecular flexibility index (Phi) is 9.43. The first-order valence-corrected chi connectivity index (χ1v) is 11.2. The topological polar surface area (TPSA) is 44.8 Å². The molecule has 6 heteroatoms. The van der Waals surface area contributed by atoms with E-state index in [2.05, 4.69) is 0 Å². The highest BCUT2D eigenvalue weighted by Crippen LogP contribution is 2.44. The maximum atomic E-state index is 12.3. The van der Waals surface area contributed by atoms with Crippen LogP contribution < -0.4 is 0 Å². The summed E-state index contributed by atoms with van der Waals surface area (Å²) in [6.45, 7) is 11.6. The zero-order chi connectivity index (χ0) is 14.1. The van der Waals surface area contributed by atoms with Crippen molar-refractivity contribution in [2.45, 2.75) is 40.7 Å². The minimum Gasteiger partial charge on any atom is -0.374 e. The summed E-state index contributed by atoms with van der Waals surface area (Å²) in [4.78, 5) is 0. The summed E-state index contributed by atoms with van der Waals surface area (Å²) < 4.78 is 29.6. The molecule has 0 fully saturated rings. The van der Waals surface area contributed by atoms with E-state index in [0.717, 1.165) is 18.4 Å². The Morgan fingerprint density at radius 3 is 1.72 bits per heavy atom. The summed E-state index contributed by atoms with van der Waals surface area (Å²) in [7, 11) is -4.55. The Labute approximate surface area is 113 Å². The van der Waals surface area contributed by atoms with Crippen LogP contribution in [0.2, 0.25) is 6.04 Å². The third-order valence-corrected chi connectivity index (χ3v) is 9.40. The molecule has 0 atom stereocenters. The molecule has 0 unspecified atom stereocenters. The van der Waals surface area contributed by atoms with Crippen LogP contribution in [0.1, 0.15) is 34.6 Å². The van der Waals surface area contributed by atoms with Crippen LogP contribution in [-0.2, 0) is 17.8 Å². The van der Waals surface area contributed by atoms with Crippen LogP contribution in [0, 0.1) is 0 Å². The molecule has 0 bridgehead atoms. The molecule has 0 aromatic carbocycles. The Morgan fingerprint density at radius 2 is 1.39 bits per heavy atom. The maximum Gasteiger partial charge on any atom is 0.500 e. The van der Waals surface area contributed by atoms with Gasteiger partial charge in [0, 0.05) is 32.0 Å².